The van der Waals surface area contributed by atoms with Gasteiger partial charge in [-0.3, -0.25) is 0 Å². The van der Waals surface area contributed by atoms with E-state index in [9.17, 15) is 0 Å². The summed E-state index contributed by atoms with van der Waals surface area (Å²) in [4.78, 5) is 0. The van der Waals surface area contributed by atoms with Gasteiger partial charge in [-0.1, -0.05) is 29.8 Å². The van der Waals surface area contributed by atoms with E-state index >= 15 is 0 Å². The predicted octanol–water partition coefficient (Wildman–Crippen LogP) is 2.58. The molecule has 1 aliphatic rings. The molecule has 0 atom stereocenters. The van der Waals surface area contributed by atoms with Gasteiger partial charge in [0.05, 0.1) is 19.3 Å². The van der Waals surface area contributed by atoms with Gasteiger partial charge in [0.15, 0.2) is 5.79 Å². The first kappa shape index (κ1) is 12.8. The monoisotopic (exact) mass is 255 g/mol. The molecule has 1 aromatic carbocycles. The maximum Gasteiger partial charge on any atom is 0.162 e. The van der Waals surface area contributed by atoms with E-state index in [1.54, 1.807) is 0 Å². The van der Waals surface area contributed by atoms with E-state index in [0.29, 0.717) is 13.2 Å². The van der Waals surface area contributed by atoms with Crippen LogP contribution in [0.25, 0.3) is 0 Å². The van der Waals surface area contributed by atoms with Crippen LogP contribution in [0, 0.1) is 0 Å². The van der Waals surface area contributed by atoms with Gasteiger partial charge in [-0.25, -0.2) is 0 Å². The zero-order chi connectivity index (χ0) is 12.3. The van der Waals surface area contributed by atoms with E-state index in [-0.39, 0.29) is 6.04 Å². The topological polar surface area (TPSA) is 30.5 Å². The second kappa shape index (κ2) is 5.36. The molecular weight excluding hydrogens is 238 g/mol. The molecule has 94 valence electrons. The van der Waals surface area contributed by atoms with Gasteiger partial charge in [0, 0.05) is 11.6 Å². The van der Waals surface area contributed by atoms with Crippen molar-refractivity contribution < 1.29 is 9.47 Å². The summed E-state index contributed by atoms with van der Waals surface area (Å²) >= 11 is 6.08. The molecule has 1 aliphatic heterocycles. The van der Waals surface area contributed by atoms with E-state index in [2.05, 4.69) is 5.32 Å². The molecule has 0 aliphatic carbocycles. The number of rotatable bonds is 3. The van der Waals surface area contributed by atoms with Crippen molar-refractivity contribution in [3.63, 3.8) is 0 Å². The SMILES string of the molecule is CC1(C)OCC(NCc2ccccc2Cl)CO1. The van der Waals surface area contributed by atoms with Crippen molar-refractivity contribution in [2.45, 2.75) is 32.2 Å². The fourth-order valence-electron chi connectivity index (χ4n) is 1.71. The fraction of sp³-hybridized carbons (Fsp3) is 0.538. The van der Waals surface area contributed by atoms with Gasteiger partial charge in [0.25, 0.3) is 0 Å². The molecule has 0 radical (unpaired) electrons. The lowest BCUT2D eigenvalue weighted by atomic mass is 10.2. The highest BCUT2D eigenvalue weighted by atomic mass is 35.5. The molecule has 1 heterocycles. The van der Waals surface area contributed by atoms with Crippen molar-refractivity contribution in [1.29, 1.82) is 0 Å². The second-order valence-corrected chi connectivity index (χ2v) is 5.10. The molecule has 0 amide bonds. The number of benzene rings is 1. The maximum atomic E-state index is 6.08. The number of hydrogen-bond acceptors (Lipinski definition) is 3. The van der Waals surface area contributed by atoms with Crippen LogP contribution in [-0.4, -0.2) is 25.0 Å². The highest BCUT2D eigenvalue weighted by Gasteiger charge is 2.27. The summed E-state index contributed by atoms with van der Waals surface area (Å²) in [5.41, 5.74) is 1.10. The fourth-order valence-corrected chi connectivity index (χ4v) is 1.91. The Morgan fingerprint density at radius 3 is 2.59 bits per heavy atom. The maximum absolute atomic E-state index is 6.08. The van der Waals surface area contributed by atoms with E-state index in [1.165, 1.54) is 0 Å². The summed E-state index contributed by atoms with van der Waals surface area (Å²) in [5, 5.41) is 4.17. The second-order valence-electron chi connectivity index (χ2n) is 4.69. The Balaban J connectivity index is 1.82. The highest BCUT2D eigenvalue weighted by molar-refractivity contribution is 6.31. The van der Waals surface area contributed by atoms with Gasteiger partial charge < -0.3 is 14.8 Å². The van der Waals surface area contributed by atoms with Crippen LogP contribution in [0.1, 0.15) is 19.4 Å². The van der Waals surface area contributed by atoms with Crippen LogP contribution in [0.15, 0.2) is 24.3 Å². The Bertz CT molecular complexity index is 371. The lowest BCUT2D eigenvalue weighted by Crippen LogP contribution is -2.48. The minimum Gasteiger partial charge on any atom is -0.349 e. The van der Waals surface area contributed by atoms with Crippen molar-refractivity contribution in [3.05, 3.63) is 34.9 Å². The van der Waals surface area contributed by atoms with E-state index in [0.717, 1.165) is 17.1 Å². The predicted molar refractivity (Wildman–Crippen MR) is 68.1 cm³/mol. The van der Waals surface area contributed by atoms with Crippen LogP contribution in [0.2, 0.25) is 5.02 Å². The van der Waals surface area contributed by atoms with E-state index < -0.39 is 5.79 Å². The zero-order valence-corrected chi connectivity index (χ0v) is 11.0. The number of halogens is 1. The Labute approximate surface area is 107 Å². The van der Waals surface area contributed by atoms with E-state index in [4.69, 9.17) is 21.1 Å². The molecular formula is C13H18ClNO2. The minimum absolute atomic E-state index is 0.222. The third kappa shape index (κ3) is 3.68. The van der Waals surface area contributed by atoms with Crippen molar-refractivity contribution in [2.24, 2.45) is 0 Å². The lowest BCUT2D eigenvalue weighted by Gasteiger charge is -2.35. The van der Waals surface area contributed by atoms with Crippen LogP contribution < -0.4 is 5.32 Å². The Kier molecular flexibility index (Phi) is 4.05. The molecule has 1 fully saturated rings. The van der Waals surface area contributed by atoms with Crippen LogP contribution in [0.3, 0.4) is 0 Å². The summed E-state index contributed by atoms with van der Waals surface area (Å²) in [6.45, 7) is 5.92. The summed E-state index contributed by atoms with van der Waals surface area (Å²) in [6.07, 6.45) is 0. The van der Waals surface area contributed by atoms with Crippen LogP contribution >= 0.6 is 11.6 Å². The largest absolute Gasteiger partial charge is 0.349 e. The quantitative estimate of drug-likeness (QED) is 0.901. The Morgan fingerprint density at radius 1 is 1.29 bits per heavy atom. The first-order valence-corrected chi connectivity index (χ1v) is 6.19. The smallest absolute Gasteiger partial charge is 0.162 e. The molecule has 1 N–H and O–H groups in total. The first-order valence-electron chi connectivity index (χ1n) is 5.81. The molecule has 0 aromatic heterocycles. The third-order valence-electron chi connectivity index (χ3n) is 2.80. The average molecular weight is 256 g/mol. The van der Waals surface area contributed by atoms with Crippen molar-refractivity contribution in [2.75, 3.05) is 13.2 Å². The van der Waals surface area contributed by atoms with Crippen molar-refractivity contribution >= 4 is 11.6 Å². The van der Waals surface area contributed by atoms with Crippen LogP contribution in [-0.2, 0) is 16.0 Å². The minimum atomic E-state index is -0.456. The molecule has 0 saturated carbocycles. The molecule has 4 heteroatoms. The molecule has 0 bridgehead atoms. The standard InChI is InChI=1S/C13H18ClNO2/c1-13(2)16-8-11(9-17-13)15-7-10-5-3-4-6-12(10)14/h3-6,11,15H,7-9H2,1-2H3. The summed E-state index contributed by atoms with van der Waals surface area (Å²) in [7, 11) is 0. The molecule has 17 heavy (non-hydrogen) atoms. The van der Waals surface area contributed by atoms with Gasteiger partial charge in [-0.05, 0) is 25.5 Å². The Morgan fingerprint density at radius 2 is 1.94 bits per heavy atom. The number of hydrogen-bond donors (Lipinski definition) is 1. The van der Waals surface area contributed by atoms with Crippen molar-refractivity contribution in [3.8, 4) is 0 Å². The van der Waals surface area contributed by atoms with Gasteiger partial charge in [0.1, 0.15) is 0 Å². The molecule has 0 unspecified atom stereocenters. The van der Waals surface area contributed by atoms with Gasteiger partial charge >= 0.3 is 0 Å². The highest BCUT2D eigenvalue weighted by Crippen LogP contribution is 2.18. The molecule has 1 saturated heterocycles. The first-order chi connectivity index (χ1) is 8.07. The normalized spacial score (nSPS) is 20.4. The van der Waals surface area contributed by atoms with Gasteiger partial charge in [0.2, 0.25) is 0 Å². The molecule has 3 nitrogen and oxygen atoms in total. The Hall–Kier alpha value is -0.610. The summed E-state index contributed by atoms with van der Waals surface area (Å²) < 4.78 is 11.2. The van der Waals surface area contributed by atoms with Crippen LogP contribution in [0.5, 0.6) is 0 Å². The zero-order valence-electron chi connectivity index (χ0n) is 10.2. The van der Waals surface area contributed by atoms with Crippen LogP contribution in [0.4, 0.5) is 0 Å². The summed E-state index contributed by atoms with van der Waals surface area (Å²) in [6, 6.07) is 8.06. The molecule has 2 rings (SSSR count). The number of ether oxygens (including phenoxy) is 2. The lowest BCUT2D eigenvalue weighted by molar-refractivity contribution is -0.253. The van der Waals surface area contributed by atoms with Gasteiger partial charge in [-0.2, -0.15) is 0 Å². The van der Waals surface area contributed by atoms with Gasteiger partial charge in [-0.15, -0.1) is 0 Å². The molecule has 1 aromatic rings. The summed E-state index contributed by atoms with van der Waals surface area (Å²) in [5.74, 6) is -0.456. The third-order valence-corrected chi connectivity index (χ3v) is 3.17. The number of nitrogens with one attached hydrogen (secondary N) is 1. The van der Waals surface area contributed by atoms with Crippen molar-refractivity contribution in [1.82, 2.24) is 5.32 Å². The van der Waals surface area contributed by atoms with E-state index in [1.807, 2.05) is 38.1 Å². The average Bonchev–Trinajstić information content (AvgIpc) is 2.30. The molecule has 0 spiro atoms.